The molecule has 1 saturated carbocycles. The number of halogens is 1. The average Bonchev–Trinajstić information content (AvgIpc) is 2.73. The van der Waals surface area contributed by atoms with Crippen LogP contribution in [0.3, 0.4) is 0 Å². The molecule has 1 aliphatic carbocycles. The zero-order valence-corrected chi connectivity index (χ0v) is 8.99. The number of aromatic nitrogens is 4. The molecule has 0 aromatic carbocycles. The maximum Gasteiger partial charge on any atom is 0.165 e. The third-order valence-electron chi connectivity index (χ3n) is 3.34. The van der Waals surface area contributed by atoms with E-state index in [1.54, 1.807) is 4.57 Å². The van der Waals surface area contributed by atoms with Crippen molar-refractivity contribution < 1.29 is 9.50 Å². The number of nitrogen functional groups attached to an aromatic ring is 1. The molecule has 90 valence electrons. The van der Waals surface area contributed by atoms with Gasteiger partial charge >= 0.3 is 0 Å². The van der Waals surface area contributed by atoms with Crippen LogP contribution in [0.5, 0.6) is 0 Å². The highest BCUT2D eigenvalue weighted by Gasteiger charge is 2.42. The van der Waals surface area contributed by atoms with Gasteiger partial charge in [-0.2, -0.15) is 0 Å². The topological polar surface area (TPSA) is 89.9 Å². The number of hydrogen-bond acceptors (Lipinski definition) is 5. The molecule has 0 spiro atoms. The van der Waals surface area contributed by atoms with Gasteiger partial charge in [0.1, 0.15) is 18.0 Å². The maximum absolute atomic E-state index is 13.8. The molecular weight excluding hydrogens is 225 g/mol. The molecule has 3 rings (SSSR count). The molecule has 2 aromatic heterocycles. The van der Waals surface area contributed by atoms with Crippen molar-refractivity contribution in [1.29, 1.82) is 0 Å². The molecule has 1 aliphatic rings. The summed E-state index contributed by atoms with van der Waals surface area (Å²) in [4.78, 5) is 12.0. The molecule has 1 fully saturated rings. The molecule has 0 bridgehead atoms. The number of imidazole rings is 1. The molecule has 17 heavy (non-hydrogen) atoms. The van der Waals surface area contributed by atoms with E-state index in [1.165, 1.54) is 12.7 Å². The van der Waals surface area contributed by atoms with Crippen LogP contribution in [-0.2, 0) is 0 Å². The molecular formula is C10H12FN5O. The summed E-state index contributed by atoms with van der Waals surface area (Å²) in [5.41, 5.74) is 6.69. The van der Waals surface area contributed by atoms with Gasteiger partial charge in [-0.3, -0.25) is 0 Å². The Labute approximate surface area is 96.3 Å². The Morgan fingerprint density at radius 2 is 2.29 bits per heavy atom. The van der Waals surface area contributed by atoms with Crippen LogP contribution in [0.4, 0.5) is 10.2 Å². The van der Waals surface area contributed by atoms with Crippen molar-refractivity contribution >= 4 is 17.0 Å². The van der Waals surface area contributed by atoms with E-state index in [0.29, 0.717) is 23.4 Å². The van der Waals surface area contributed by atoms with Crippen molar-refractivity contribution in [2.75, 3.05) is 12.3 Å². The highest BCUT2D eigenvalue weighted by Crippen LogP contribution is 2.41. The van der Waals surface area contributed by atoms with Gasteiger partial charge in [0.15, 0.2) is 11.5 Å². The third kappa shape index (κ3) is 1.39. The summed E-state index contributed by atoms with van der Waals surface area (Å²) < 4.78 is 15.4. The summed E-state index contributed by atoms with van der Waals surface area (Å²) in [7, 11) is 0. The van der Waals surface area contributed by atoms with Crippen LogP contribution in [0.25, 0.3) is 11.2 Å². The fourth-order valence-electron chi connectivity index (χ4n) is 2.24. The fraction of sp³-hybridized carbons (Fsp3) is 0.500. The van der Waals surface area contributed by atoms with Crippen LogP contribution >= 0.6 is 0 Å². The summed E-state index contributed by atoms with van der Waals surface area (Å²) in [6.45, 7) is -0.124. The highest BCUT2D eigenvalue weighted by atomic mass is 19.1. The molecule has 0 aliphatic heterocycles. The standard InChI is InChI=1S/C10H12FN5O/c11-7-5(2-17)1-6(7)16-4-15-8-9(12)13-3-14-10(8)16/h3-7,17H,1-2H2,(H2,12,13,14)/t5-,6-,7+/m1/s1. The van der Waals surface area contributed by atoms with E-state index < -0.39 is 6.17 Å². The number of rotatable bonds is 2. The summed E-state index contributed by atoms with van der Waals surface area (Å²) in [6.07, 6.45) is 2.40. The number of nitrogens with zero attached hydrogens (tertiary/aromatic N) is 4. The Morgan fingerprint density at radius 3 is 3.00 bits per heavy atom. The quantitative estimate of drug-likeness (QED) is 0.784. The van der Waals surface area contributed by atoms with Gasteiger partial charge in [-0.05, 0) is 6.42 Å². The van der Waals surface area contributed by atoms with Gasteiger partial charge in [-0.15, -0.1) is 0 Å². The normalized spacial score (nSPS) is 28.2. The highest BCUT2D eigenvalue weighted by molar-refractivity contribution is 5.81. The Morgan fingerprint density at radius 1 is 1.47 bits per heavy atom. The number of nitrogens with two attached hydrogens (primary N) is 1. The molecule has 0 saturated heterocycles. The minimum absolute atomic E-state index is 0.124. The fourth-order valence-corrected chi connectivity index (χ4v) is 2.24. The van der Waals surface area contributed by atoms with Crippen LogP contribution < -0.4 is 5.73 Å². The van der Waals surface area contributed by atoms with Crippen LogP contribution in [0.1, 0.15) is 12.5 Å². The van der Waals surface area contributed by atoms with Crippen LogP contribution in [0.15, 0.2) is 12.7 Å². The molecule has 7 heteroatoms. The van der Waals surface area contributed by atoms with E-state index >= 15 is 0 Å². The lowest BCUT2D eigenvalue weighted by Gasteiger charge is -2.39. The Hall–Kier alpha value is -1.76. The zero-order chi connectivity index (χ0) is 12.0. The molecule has 0 unspecified atom stereocenters. The van der Waals surface area contributed by atoms with Gasteiger partial charge in [0.2, 0.25) is 0 Å². The predicted molar refractivity (Wildman–Crippen MR) is 58.9 cm³/mol. The van der Waals surface area contributed by atoms with Gasteiger partial charge < -0.3 is 15.4 Å². The number of aliphatic hydroxyl groups is 1. The van der Waals surface area contributed by atoms with Gasteiger partial charge in [-0.25, -0.2) is 19.3 Å². The molecule has 2 aromatic rings. The predicted octanol–water partition coefficient (Wildman–Crippen LogP) is 0.300. The number of aliphatic hydroxyl groups excluding tert-OH is 1. The largest absolute Gasteiger partial charge is 0.396 e. The van der Waals surface area contributed by atoms with Crippen LogP contribution in [-0.4, -0.2) is 37.4 Å². The third-order valence-corrected chi connectivity index (χ3v) is 3.34. The smallest absolute Gasteiger partial charge is 0.165 e. The lowest BCUT2D eigenvalue weighted by molar-refractivity contribution is 0.00326. The summed E-state index contributed by atoms with van der Waals surface area (Å²) in [5, 5.41) is 8.92. The first kappa shape index (κ1) is 10.4. The van der Waals surface area contributed by atoms with Gasteiger partial charge in [-0.1, -0.05) is 0 Å². The second-order valence-corrected chi connectivity index (χ2v) is 4.27. The molecule has 0 radical (unpaired) electrons. The Balaban J connectivity index is 2.00. The second kappa shape index (κ2) is 3.63. The molecule has 6 nitrogen and oxygen atoms in total. The van der Waals surface area contributed by atoms with Crippen molar-refractivity contribution in [3.05, 3.63) is 12.7 Å². The lowest BCUT2D eigenvalue weighted by atomic mass is 9.78. The van der Waals surface area contributed by atoms with Gasteiger partial charge in [0, 0.05) is 12.5 Å². The second-order valence-electron chi connectivity index (χ2n) is 4.27. The first-order valence-electron chi connectivity index (χ1n) is 5.40. The van der Waals surface area contributed by atoms with Crippen molar-refractivity contribution in [1.82, 2.24) is 19.5 Å². The number of anilines is 1. The monoisotopic (exact) mass is 237 g/mol. The number of alkyl halides is 1. The minimum Gasteiger partial charge on any atom is -0.396 e. The maximum atomic E-state index is 13.8. The van der Waals surface area contributed by atoms with Crippen molar-refractivity contribution in [2.45, 2.75) is 18.6 Å². The molecule has 0 amide bonds. The Kier molecular flexibility index (Phi) is 2.22. The van der Waals surface area contributed by atoms with Crippen molar-refractivity contribution in [2.24, 2.45) is 5.92 Å². The van der Waals surface area contributed by atoms with Crippen LogP contribution in [0, 0.1) is 5.92 Å². The first-order chi connectivity index (χ1) is 8.22. The van der Waals surface area contributed by atoms with Crippen molar-refractivity contribution in [3.8, 4) is 0 Å². The van der Waals surface area contributed by atoms with E-state index in [1.807, 2.05) is 0 Å². The molecule has 3 N–H and O–H groups in total. The molecule has 3 atom stereocenters. The van der Waals surface area contributed by atoms with E-state index in [2.05, 4.69) is 15.0 Å². The summed E-state index contributed by atoms with van der Waals surface area (Å²) >= 11 is 0. The van der Waals surface area contributed by atoms with Crippen molar-refractivity contribution in [3.63, 3.8) is 0 Å². The van der Waals surface area contributed by atoms with Crippen LogP contribution in [0.2, 0.25) is 0 Å². The number of hydrogen-bond donors (Lipinski definition) is 2. The Bertz CT molecular complexity index is 557. The zero-order valence-electron chi connectivity index (χ0n) is 8.99. The summed E-state index contributed by atoms with van der Waals surface area (Å²) in [6, 6.07) is -0.313. The van der Waals surface area contributed by atoms with E-state index in [9.17, 15) is 4.39 Å². The minimum atomic E-state index is -1.06. The van der Waals surface area contributed by atoms with Gasteiger partial charge in [0.25, 0.3) is 0 Å². The SMILES string of the molecule is Nc1ncnc2c1ncn2[C@@H]1C[C@H](CO)[C@@H]1F. The molecule has 2 heterocycles. The average molecular weight is 237 g/mol. The number of fused-ring (bicyclic) bond motifs is 1. The first-order valence-corrected chi connectivity index (χ1v) is 5.40. The van der Waals surface area contributed by atoms with E-state index in [-0.39, 0.29) is 18.6 Å². The van der Waals surface area contributed by atoms with Gasteiger partial charge in [0.05, 0.1) is 12.4 Å². The summed E-state index contributed by atoms with van der Waals surface area (Å²) in [5.74, 6) is 0.0128. The lowest BCUT2D eigenvalue weighted by Crippen LogP contribution is -2.42. The van der Waals surface area contributed by atoms with E-state index in [0.717, 1.165) is 0 Å². The van der Waals surface area contributed by atoms with E-state index in [4.69, 9.17) is 10.8 Å².